The summed E-state index contributed by atoms with van der Waals surface area (Å²) in [6, 6.07) is 2.99. The van der Waals surface area contributed by atoms with Gasteiger partial charge in [0.2, 0.25) is 0 Å². The fourth-order valence-electron chi connectivity index (χ4n) is 1.84. The average molecular weight is 225 g/mol. The van der Waals surface area contributed by atoms with Crippen LogP contribution in [-0.2, 0) is 17.8 Å². The molecule has 1 heterocycles. The maximum absolute atomic E-state index is 13.4. The first-order valence-corrected chi connectivity index (χ1v) is 5.48. The van der Waals surface area contributed by atoms with Gasteiger partial charge in [-0.3, -0.25) is 0 Å². The highest BCUT2D eigenvalue weighted by Gasteiger charge is 2.17. The van der Waals surface area contributed by atoms with E-state index in [-0.39, 0.29) is 18.7 Å². The zero-order valence-corrected chi connectivity index (χ0v) is 9.33. The van der Waals surface area contributed by atoms with Crippen molar-refractivity contribution < 1.29 is 13.9 Å². The normalized spacial score (nSPS) is 16.4. The van der Waals surface area contributed by atoms with E-state index in [4.69, 9.17) is 15.2 Å². The molecule has 88 valence electrons. The Labute approximate surface area is 94.3 Å². The number of ether oxygens (including phenoxy) is 2. The maximum atomic E-state index is 13.4. The van der Waals surface area contributed by atoms with Gasteiger partial charge in [0.15, 0.2) is 6.79 Å². The van der Waals surface area contributed by atoms with Gasteiger partial charge in [-0.15, -0.1) is 0 Å². The molecule has 0 amide bonds. The Hall–Kier alpha value is -1.13. The Kier molecular flexibility index (Phi) is 3.41. The molecule has 16 heavy (non-hydrogen) atoms. The highest BCUT2D eigenvalue weighted by molar-refractivity contribution is 5.43. The van der Waals surface area contributed by atoms with Gasteiger partial charge < -0.3 is 15.2 Å². The second-order valence-electron chi connectivity index (χ2n) is 4.04. The molecule has 2 rings (SSSR count). The Morgan fingerprint density at radius 3 is 3.06 bits per heavy atom. The molecule has 0 bridgehead atoms. The monoisotopic (exact) mass is 225 g/mol. The van der Waals surface area contributed by atoms with Crippen LogP contribution in [0.4, 0.5) is 4.39 Å². The predicted octanol–water partition coefficient (Wildman–Crippen LogP) is 1.97. The summed E-state index contributed by atoms with van der Waals surface area (Å²) in [5.41, 5.74) is 7.49. The van der Waals surface area contributed by atoms with E-state index in [1.54, 1.807) is 0 Å². The number of benzene rings is 1. The SMILES string of the molecule is CCC(N)Cc1cc(F)cc2c1OCOC2. The van der Waals surface area contributed by atoms with Crippen molar-refractivity contribution in [2.45, 2.75) is 32.4 Å². The number of rotatable bonds is 3. The van der Waals surface area contributed by atoms with Gasteiger partial charge in [-0.1, -0.05) is 6.92 Å². The van der Waals surface area contributed by atoms with Crippen molar-refractivity contribution in [3.8, 4) is 5.75 Å². The summed E-state index contributed by atoms with van der Waals surface area (Å²) in [5.74, 6) is 0.489. The average Bonchev–Trinajstić information content (AvgIpc) is 2.28. The van der Waals surface area contributed by atoms with E-state index in [1.807, 2.05) is 6.92 Å². The first-order chi connectivity index (χ1) is 7.70. The zero-order valence-electron chi connectivity index (χ0n) is 9.33. The zero-order chi connectivity index (χ0) is 11.5. The summed E-state index contributed by atoms with van der Waals surface area (Å²) in [5, 5.41) is 0. The highest BCUT2D eigenvalue weighted by atomic mass is 19.1. The molecule has 1 aliphatic rings. The van der Waals surface area contributed by atoms with Gasteiger partial charge in [0.05, 0.1) is 6.61 Å². The summed E-state index contributed by atoms with van der Waals surface area (Å²) in [6.45, 7) is 2.65. The molecule has 1 aromatic carbocycles. The lowest BCUT2D eigenvalue weighted by Crippen LogP contribution is -2.23. The molecule has 1 unspecified atom stereocenters. The van der Waals surface area contributed by atoms with Crippen LogP contribution in [0.3, 0.4) is 0 Å². The number of halogens is 1. The Morgan fingerprint density at radius 1 is 1.50 bits per heavy atom. The van der Waals surface area contributed by atoms with Gasteiger partial charge in [0, 0.05) is 11.6 Å². The van der Waals surface area contributed by atoms with Crippen LogP contribution in [0.15, 0.2) is 12.1 Å². The molecular weight excluding hydrogens is 209 g/mol. The topological polar surface area (TPSA) is 44.5 Å². The second kappa shape index (κ2) is 4.80. The molecule has 3 nitrogen and oxygen atoms in total. The molecule has 0 aromatic heterocycles. The van der Waals surface area contributed by atoms with Crippen LogP contribution in [0.25, 0.3) is 0 Å². The third-order valence-corrected chi connectivity index (χ3v) is 2.76. The second-order valence-corrected chi connectivity index (χ2v) is 4.04. The minimum absolute atomic E-state index is 0.0392. The van der Waals surface area contributed by atoms with E-state index in [1.165, 1.54) is 12.1 Å². The van der Waals surface area contributed by atoms with Gasteiger partial charge in [-0.25, -0.2) is 4.39 Å². The summed E-state index contributed by atoms with van der Waals surface area (Å²) in [6.07, 6.45) is 1.50. The van der Waals surface area contributed by atoms with Crippen LogP contribution in [0.1, 0.15) is 24.5 Å². The number of nitrogens with two attached hydrogens (primary N) is 1. The predicted molar refractivity (Wildman–Crippen MR) is 58.7 cm³/mol. The molecule has 2 N–H and O–H groups in total. The molecule has 4 heteroatoms. The minimum atomic E-state index is -0.258. The molecule has 1 aromatic rings. The smallest absolute Gasteiger partial charge is 0.189 e. The number of hydrogen-bond donors (Lipinski definition) is 1. The number of fused-ring (bicyclic) bond motifs is 1. The lowest BCUT2D eigenvalue weighted by atomic mass is 10.0. The molecular formula is C12H16FNO2. The highest BCUT2D eigenvalue weighted by Crippen LogP contribution is 2.30. The van der Waals surface area contributed by atoms with Crippen LogP contribution in [-0.4, -0.2) is 12.8 Å². The lowest BCUT2D eigenvalue weighted by Gasteiger charge is -2.22. The molecule has 1 aliphatic heterocycles. The van der Waals surface area contributed by atoms with Crippen molar-refractivity contribution in [3.63, 3.8) is 0 Å². The van der Waals surface area contributed by atoms with Gasteiger partial charge in [0.1, 0.15) is 11.6 Å². The third kappa shape index (κ3) is 2.33. The van der Waals surface area contributed by atoms with E-state index in [0.717, 1.165) is 23.3 Å². The molecule has 0 aliphatic carbocycles. The quantitative estimate of drug-likeness (QED) is 0.855. The fourth-order valence-corrected chi connectivity index (χ4v) is 1.84. The van der Waals surface area contributed by atoms with Gasteiger partial charge in [-0.2, -0.15) is 0 Å². The van der Waals surface area contributed by atoms with Gasteiger partial charge in [0.25, 0.3) is 0 Å². The summed E-state index contributed by atoms with van der Waals surface area (Å²) >= 11 is 0. The molecule has 0 spiro atoms. The third-order valence-electron chi connectivity index (χ3n) is 2.76. The van der Waals surface area contributed by atoms with Gasteiger partial charge >= 0.3 is 0 Å². The van der Waals surface area contributed by atoms with Crippen molar-refractivity contribution in [2.24, 2.45) is 5.73 Å². The maximum Gasteiger partial charge on any atom is 0.189 e. The van der Waals surface area contributed by atoms with Crippen molar-refractivity contribution in [1.82, 2.24) is 0 Å². The summed E-state index contributed by atoms with van der Waals surface area (Å²) < 4.78 is 23.9. The fraction of sp³-hybridized carbons (Fsp3) is 0.500. The standard InChI is InChI=1S/C12H16FNO2/c1-2-11(14)5-8-3-10(13)4-9-6-15-7-16-12(8)9/h3-4,11H,2,5-7,14H2,1H3. The van der Waals surface area contributed by atoms with Crippen LogP contribution >= 0.6 is 0 Å². The summed E-state index contributed by atoms with van der Waals surface area (Å²) in [7, 11) is 0. The molecule has 0 saturated heterocycles. The molecule has 0 fully saturated rings. The van der Waals surface area contributed by atoms with Crippen molar-refractivity contribution in [1.29, 1.82) is 0 Å². The van der Waals surface area contributed by atoms with E-state index in [9.17, 15) is 4.39 Å². The van der Waals surface area contributed by atoms with Crippen LogP contribution < -0.4 is 10.5 Å². The van der Waals surface area contributed by atoms with Crippen LogP contribution in [0.2, 0.25) is 0 Å². The van der Waals surface area contributed by atoms with E-state index in [2.05, 4.69) is 0 Å². The van der Waals surface area contributed by atoms with Crippen LogP contribution in [0.5, 0.6) is 5.75 Å². The first-order valence-electron chi connectivity index (χ1n) is 5.48. The van der Waals surface area contributed by atoms with Crippen molar-refractivity contribution in [3.05, 3.63) is 29.1 Å². The molecule has 1 atom stereocenters. The van der Waals surface area contributed by atoms with Crippen molar-refractivity contribution in [2.75, 3.05) is 6.79 Å². The first kappa shape index (κ1) is 11.4. The molecule has 0 saturated carbocycles. The van der Waals surface area contributed by atoms with Crippen LogP contribution in [0, 0.1) is 5.82 Å². The largest absolute Gasteiger partial charge is 0.467 e. The number of hydrogen-bond acceptors (Lipinski definition) is 3. The van der Waals surface area contributed by atoms with E-state index in [0.29, 0.717) is 13.0 Å². The Morgan fingerprint density at radius 2 is 2.31 bits per heavy atom. The van der Waals surface area contributed by atoms with E-state index >= 15 is 0 Å². The minimum Gasteiger partial charge on any atom is -0.467 e. The van der Waals surface area contributed by atoms with Crippen molar-refractivity contribution >= 4 is 0 Å². The Bertz CT molecular complexity index is 382. The van der Waals surface area contributed by atoms with E-state index < -0.39 is 0 Å². The Balaban J connectivity index is 2.31. The lowest BCUT2D eigenvalue weighted by molar-refractivity contribution is -0.0173. The summed E-state index contributed by atoms with van der Waals surface area (Å²) in [4.78, 5) is 0. The molecule has 0 radical (unpaired) electrons. The van der Waals surface area contributed by atoms with Gasteiger partial charge in [-0.05, 0) is 30.5 Å².